The molecule has 0 fully saturated rings. The fourth-order valence-electron chi connectivity index (χ4n) is 2.68. The maximum atomic E-state index is 11.6. The molecule has 22 heavy (non-hydrogen) atoms. The Morgan fingerprint density at radius 1 is 1.05 bits per heavy atom. The van der Waals surface area contributed by atoms with Crippen LogP contribution in [0.2, 0.25) is 0 Å². The van der Waals surface area contributed by atoms with Crippen LogP contribution in [0.25, 0.3) is 5.69 Å². The zero-order valence-electron chi connectivity index (χ0n) is 12.3. The van der Waals surface area contributed by atoms with Crippen molar-refractivity contribution in [2.45, 2.75) is 12.8 Å². The summed E-state index contributed by atoms with van der Waals surface area (Å²) in [6, 6.07) is 19.7. The lowest BCUT2D eigenvalue weighted by atomic mass is 10.00. The highest BCUT2D eigenvalue weighted by molar-refractivity contribution is 5.68. The average molecular weight is 293 g/mol. The van der Waals surface area contributed by atoms with E-state index in [1.807, 2.05) is 72.2 Å². The summed E-state index contributed by atoms with van der Waals surface area (Å²) in [6.45, 7) is 2.02. The van der Waals surface area contributed by atoms with Gasteiger partial charge in [0.1, 0.15) is 18.1 Å². The molecule has 1 aromatic heterocycles. The van der Waals surface area contributed by atoms with Gasteiger partial charge in [0, 0.05) is 0 Å². The first kappa shape index (κ1) is 14.1. The number of benzene rings is 2. The van der Waals surface area contributed by atoms with Crippen LogP contribution in [0.3, 0.4) is 0 Å². The van der Waals surface area contributed by atoms with E-state index in [-0.39, 0.29) is 5.92 Å². The third kappa shape index (κ3) is 2.51. The van der Waals surface area contributed by atoms with Gasteiger partial charge in [0.15, 0.2) is 0 Å². The van der Waals surface area contributed by atoms with Crippen LogP contribution in [0.5, 0.6) is 0 Å². The summed E-state index contributed by atoms with van der Waals surface area (Å²) in [7, 11) is 0. The number of rotatable bonds is 3. The summed E-state index contributed by atoms with van der Waals surface area (Å²) in [4.78, 5) is 11.6. The van der Waals surface area contributed by atoms with E-state index in [0.717, 1.165) is 11.3 Å². The molecule has 0 aliphatic carbocycles. The lowest BCUT2D eigenvalue weighted by molar-refractivity contribution is -0.604. The van der Waals surface area contributed by atoms with E-state index in [9.17, 15) is 9.90 Å². The van der Waals surface area contributed by atoms with E-state index in [1.54, 1.807) is 12.4 Å². The van der Waals surface area contributed by atoms with Crippen LogP contribution in [-0.4, -0.2) is 15.8 Å². The normalized spacial score (nSPS) is 12.0. The minimum absolute atomic E-state index is 0.0486. The second-order valence-corrected chi connectivity index (χ2v) is 5.15. The molecule has 0 saturated heterocycles. The fraction of sp³-hybridized carbons (Fsp3) is 0.111. The largest absolute Gasteiger partial charge is 0.509 e. The third-order valence-corrected chi connectivity index (χ3v) is 3.79. The summed E-state index contributed by atoms with van der Waals surface area (Å²) in [5.74, 6) is 0.664. The smallest absolute Gasteiger partial charge is 0.446 e. The zero-order valence-corrected chi connectivity index (χ0v) is 12.3. The van der Waals surface area contributed by atoms with Crippen molar-refractivity contribution >= 4 is 6.09 Å². The molecule has 1 heterocycles. The van der Waals surface area contributed by atoms with Crippen molar-refractivity contribution in [3.63, 3.8) is 0 Å². The zero-order chi connectivity index (χ0) is 15.5. The molecule has 4 heteroatoms. The van der Waals surface area contributed by atoms with Gasteiger partial charge in [-0.25, -0.2) is 0 Å². The molecule has 0 radical (unpaired) electrons. The molecule has 3 aromatic rings. The molecule has 4 nitrogen and oxygen atoms in total. The molecule has 0 aliphatic heterocycles. The highest BCUT2D eigenvalue weighted by Gasteiger charge is 2.29. The van der Waals surface area contributed by atoms with Gasteiger partial charge in [-0.05, 0) is 24.6 Å². The van der Waals surface area contributed by atoms with Crippen molar-refractivity contribution in [3.8, 4) is 5.69 Å². The van der Waals surface area contributed by atoms with Gasteiger partial charge in [0.2, 0.25) is 0 Å². The van der Waals surface area contributed by atoms with Crippen LogP contribution in [0, 0.1) is 0 Å². The molecule has 2 aromatic carbocycles. The number of aromatic nitrogens is 2. The summed E-state index contributed by atoms with van der Waals surface area (Å²) in [5, 5.41) is 9.47. The molecule has 1 atom stereocenters. The first-order valence-corrected chi connectivity index (χ1v) is 7.15. The van der Waals surface area contributed by atoms with Gasteiger partial charge in [-0.2, -0.15) is 9.36 Å². The minimum Gasteiger partial charge on any atom is -0.446 e. The second-order valence-electron chi connectivity index (χ2n) is 5.15. The molecule has 3 rings (SSSR count). The summed E-state index contributed by atoms with van der Waals surface area (Å²) in [5.41, 5.74) is 2.02. The van der Waals surface area contributed by atoms with Crippen LogP contribution < -0.4 is 4.57 Å². The topological polar surface area (TPSA) is 46.1 Å². The van der Waals surface area contributed by atoms with Crippen molar-refractivity contribution in [1.82, 2.24) is 4.57 Å². The Morgan fingerprint density at radius 3 is 2.23 bits per heavy atom. The number of carboxylic acid groups (broad SMARTS) is 1. The Kier molecular flexibility index (Phi) is 3.74. The Hall–Kier alpha value is -2.88. The minimum atomic E-state index is -0.979. The lowest BCUT2D eigenvalue weighted by Gasteiger charge is -2.10. The van der Waals surface area contributed by atoms with Crippen LogP contribution in [0.1, 0.15) is 24.2 Å². The molecule has 1 unspecified atom stereocenters. The standard InChI is InChI=1S/C18H16N2O2/c1-14(15-8-4-2-5-9-15)17-19(12-13-20(17)18(21)22)16-10-6-3-7-11-16/h2-14H,1H3/p+1. The van der Waals surface area contributed by atoms with Crippen LogP contribution in [-0.2, 0) is 0 Å². The van der Waals surface area contributed by atoms with Crippen molar-refractivity contribution in [2.24, 2.45) is 0 Å². The van der Waals surface area contributed by atoms with Gasteiger partial charge in [-0.15, -0.1) is 4.57 Å². The van der Waals surface area contributed by atoms with Gasteiger partial charge in [-0.3, -0.25) is 0 Å². The number of imidazole rings is 1. The number of para-hydroxylation sites is 1. The molecule has 0 spiro atoms. The molecule has 0 bridgehead atoms. The first-order chi connectivity index (χ1) is 10.7. The molecule has 1 N–H and O–H groups in total. The number of nitrogens with zero attached hydrogens (tertiary/aromatic N) is 2. The SMILES string of the molecule is CC(c1ccccc1)c1n(C(=O)O)cc[n+]1-c1ccccc1. The molecule has 110 valence electrons. The van der Waals surface area contributed by atoms with Crippen LogP contribution >= 0.6 is 0 Å². The van der Waals surface area contributed by atoms with E-state index >= 15 is 0 Å². The summed E-state index contributed by atoms with van der Waals surface area (Å²) < 4.78 is 3.20. The average Bonchev–Trinajstić information content (AvgIpc) is 3.01. The molecular weight excluding hydrogens is 276 g/mol. The Bertz CT molecular complexity index is 779. The maximum absolute atomic E-state index is 11.6. The van der Waals surface area contributed by atoms with Gasteiger partial charge in [-0.1, -0.05) is 48.5 Å². The quantitative estimate of drug-likeness (QED) is 0.752. The fourth-order valence-corrected chi connectivity index (χ4v) is 2.68. The first-order valence-electron chi connectivity index (χ1n) is 7.15. The lowest BCUT2D eigenvalue weighted by Crippen LogP contribution is -2.36. The van der Waals surface area contributed by atoms with E-state index in [4.69, 9.17) is 0 Å². The predicted octanol–water partition coefficient (Wildman–Crippen LogP) is 3.44. The van der Waals surface area contributed by atoms with Gasteiger partial charge in [0.05, 0.1) is 5.92 Å². The molecule has 0 saturated carbocycles. The van der Waals surface area contributed by atoms with Crippen molar-refractivity contribution in [2.75, 3.05) is 0 Å². The molecule has 0 aliphatic rings. The summed E-state index contributed by atoms with van der Waals surface area (Å²) in [6.07, 6.45) is 2.40. The van der Waals surface area contributed by atoms with Crippen molar-refractivity contribution in [3.05, 3.63) is 84.4 Å². The Balaban J connectivity index is 2.16. The van der Waals surface area contributed by atoms with Crippen LogP contribution in [0.4, 0.5) is 4.79 Å². The number of carbonyl (C=O) groups is 1. The van der Waals surface area contributed by atoms with Crippen molar-refractivity contribution in [1.29, 1.82) is 0 Å². The Labute approximate surface area is 128 Å². The van der Waals surface area contributed by atoms with Crippen LogP contribution in [0.15, 0.2) is 73.1 Å². The third-order valence-electron chi connectivity index (χ3n) is 3.79. The second kappa shape index (κ2) is 5.85. The van der Waals surface area contributed by atoms with Crippen molar-refractivity contribution < 1.29 is 14.5 Å². The number of hydrogen-bond acceptors (Lipinski definition) is 1. The Morgan fingerprint density at radius 2 is 1.64 bits per heavy atom. The van der Waals surface area contributed by atoms with Gasteiger partial charge < -0.3 is 5.11 Å². The number of hydrogen-bond donors (Lipinski definition) is 1. The highest BCUT2D eigenvalue weighted by atomic mass is 16.4. The summed E-state index contributed by atoms with van der Waals surface area (Å²) >= 11 is 0. The highest BCUT2D eigenvalue weighted by Crippen LogP contribution is 2.22. The predicted molar refractivity (Wildman–Crippen MR) is 83.3 cm³/mol. The van der Waals surface area contributed by atoms with E-state index < -0.39 is 6.09 Å². The van der Waals surface area contributed by atoms with E-state index in [2.05, 4.69) is 0 Å². The molecule has 0 amide bonds. The van der Waals surface area contributed by atoms with Gasteiger partial charge in [0.25, 0.3) is 5.82 Å². The monoisotopic (exact) mass is 293 g/mol. The van der Waals surface area contributed by atoms with E-state index in [0.29, 0.717) is 5.82 Å². The molecular formula is C18H17N2O2+. The van der Waals surface area contributed by atoms with Gasteiger partial charge >= 0.3 is 6.09 Å². The maximum Gasteiger partial charge on any atom is 0.509 e. The van der Waals surface area contributed by atoms with E-state index in [1.165, 1.54) is 4.57 Å².